The van der Waals surface area contributed by atoms with E-state index in [1.807, 2.05) is 0 Å². The normalized spacial score (nSPS) is 10.9. The highest BCUT2D eigenvalue weighted by Gasteiger charge is 2.23. The average Bonchev–Trinajstić information content (AvgIpc) is 2.41. The van der Waals surface area contributed by atoms with Crippen LogP contribution in [0.25, 0.3) is 0 Å². The van der Waals surface area contributed by atoms with E-state index < -0.39 is 0 Å². The van der Waals surface area contributed by atoms with Gasteiger partial charge in [-0.3, -0.25) is 0 Å². The molecule has 0 saturated heterocycles. The van der Waals surface area contributed by atoms with Gasteiger partial charge in [0.1, 0.15) is 0 Å². The van der Waals surface area contributed by atoms with Gasteiger partial charge in [-0.05, 0) is 37.8 Å². The van der Waals surface area contributed by atoms with Crippen molar-refractivity contribution in [3.63, 3.8) is 0 Å². The largest absolute Gasteiger partial charge is 1.00 e. The third-order valence-corrected chi connectivity index (χ3v) is 4.00. The van der Waals surface area contributed by atoms with E-state index in [9.17, 15) is 0 Å². The fourth-order valence-corrected chi connectivity index (χ4v) is 2.85. The molecular weight excluding hydrogens is 266 g/mol. The lowest BCUT2D eigenvalue weighted by atomic mass is 10.1. The molecule has 0 N–H and O–H groups in total. The van der Waals surface area contributed by atoms with Crippen LogP contribution in [-0.4, -0.2) is 30.7 Å². The van der Waals surface area contributed by atoms with Gasteiger partial charge in [0.2, 0.25) is 0 Å². The summed E-state index contributed by atoms with van der Waals surface area (Å²) in [6, 6.07) is 0. The van der Waals surface area contributed by atoms with Crippen molar-refractivity contribution < 1.29 is 16.9 Å². The first-order valence-electron chi connectivity index (χ1n) is 8.31. The third-order valence-electron chi connectivity index (χ3n) is 4.00. The Morgan fingerprint density at radius 1 is 0.700 bits per heavy atom. The van der Waals surface area contributed by atoms with Crippen LogP contribution in [0.5, 0.6) is 0 Å². The summed E-state index contributed by atoms with van der Waals surface area (Å²) in [6.07, 6.45) is 15.0. The number of unbranched alkanes of at least 4 members (excludes halogenated alkanes) is 6. The van der Waals surface area contributed by atoms with Crippen molar-refractivity contribution in [3.05, 3.63) is 25.3 Å². The molecule has 0 bridgehead atoms. The maximum absolute atomic E-state index is 3.97. The molecule has 0 radical (unpaired) electrons. The lowest BCUT2D eigenvalue weighted by Gasteiger charge is -2.37. The maximum Gasteiger partial charge on any atom is 0.0973 e. The molecule has 0 aliphatic carbocycles. The lowest BCUT2D eigenvalue weighted by molar-refractivity contribution is -0.917. The van der Waals surface area contributed by atoms with Crippen LogP contribution in [-0.2, 0) is 0 Å². The zero-order valence-electron chi connectivity index (χ0n) is 13.9. The van der Waals surface area contributed by atoms with E-state index in [4.69, 9.17) is 0 Å². The molecular formula is C18H36ClN. The summed E-state index contributed by atoms with van der Waals surface area (Å²) in [5.74, 6) is 0. The van der Waals surface area contributed by atoms with Crippen LogP contribution in [0.3, 0.4) is 0 Å². The van der Waals surface area contributed by atoms with Crippen LogP contribution in [0.2, 0.25) is 0 Å². The zero-order valence-corrected chi connectivity index (χ0v) is 14.6. The van der Waals surface area contributed by atoms with Gasteiger partial charge in [0.25, 0.3) is 0 Å². The van der Waals surface area contributed by atoms with Crippen molar-refractivity contribution in [1.82, 2.24) is 0 Å². The SMILES string of the molecule is C=CC[N+](CC=C)(CCCCCC)CCCCCC.[Cl-]. The summed E-state index contributed by atoms with van der Waals surface area (Å²) in [5, 5.41) is 0. The summed E-state index contributed by atoms with van der Waals surface area (Å²) in [4.78, 5) is 0. The molecule has 0 aromatic rings. The van der Waals surface area contributed by atoms with Crippen molar-refractivity contribution in [1.29, 1.82) is 0 Å². The quantitative estimate of drug-likeness (QED) is 0.262. The van der Waals surface area contributed by atoms with Gasteiger partial charge in [-0.1, -0.05) is 52.7 Å². The van der Waals surface area contributed by atoms with E-state index in [0.717, 1.165) is 13.1 Å². The number of quaternary nitrogens is 1. The Balaban J connectivity index is 0. The minimum atomic E-state index is 0. The van der Waals surface area contributed by atoms with Crippen LogP contribution < -0.4 is 12.4 Å². The van der Waals surface area contributed by atoms with Gasteiger partial charge in [-0.15, -0.1) is 0 Å². The fraction of sp³-hybridized carbons (Fsp3) is 0.778. The minimum Gasteiger partial charge on any atom is -1.00 e. The molecule has 0 amide bonds. The van der Waals surface area contributed by atoms with Gasteiger partial charge in [0.05, 0.1) is 26.2 Å². The second-order valence-electron chi connectivity index (χ2n) is 5.85. The van der Waals surface area contributed by atoms with E-state index in [-0.39, 0.29) is 12.4 Å². The Morgan fingerprint density at radius 3 is 1.40 bits per heavy atom. The summed E-state index contributed by atoms with van der Waals surface area (Å²) in [7, 11) is 0. The molecule has 20 heavy (non-hydrogen) atoms. The lowest BCUT2D eigenvalue weighted by Crippen LogP contribution is -3.00. The van der Waals surface area contributed by atoms with Crippen LogP contribution in [0.15, 0.2) is 25.3 Å². The van der Waals surface area contributed by atoms with E-state index in [1.54, 1.807) is 0 Å². The first-order valence-corrected chi connectivity index (χ1v) is 8.31. The first kappa shape index (κ1) is 22.0. The average molecular weight is 302 g/mol. The smallest absolute Gasteiger partial charge is 0.0973 e. The minimum absolute atomic E-state index is 0. The van der Waals surface area contributed by atoms with Gasteiger partial charge in [-0.2, -0.15) is 0 Å². The Morgan fingerprint density at radius 2 is 1.10 bits per heavy atom. The first-order chi connectivity index (χ1) is 9.24. The molecule has 1 nitrogen and oxygen atoms in total. The summed E-state index contributed by atoms with van der Waals surface area (Å²) >= 11 is 0. The van der Waals surface area contributed by atoms with Crippen molar-refractivity contribution in [3.8, 4) is 0 Å². The maximum atomic E-state index is 3.97. The molecule has 0 aromatic heterocycles. The van der Waals surface area contributed by atoms with E-state index in [0.29, 0.717) is 0 Å². The number of nitrogens with zero attached hydrogens (tertiary/aromatic N) is 1. The number of rotatable bonds is 14. The topological polar surface area (TPSA) is 0 Å². The Hall–Kier alpha value is -0.270. The predicted molar refractivity (Wildman–Crippen MR) is 88.4 cm³/mol. The van der Waals surface area contributed by atoms with Crippen LogP contribution in [0.1, 0.15) is 65.2 Å². The number of hydrogen-bond donors (Lipinski definition) is 0. The highest BCUT2D eigenvalue weighted by molar-refractivity contribution is 4.72. The Bertz CT molecular complexity index is 201. The van der Waals surface area contributed by atoms with Crippen LogP contribution >= 0.6 is 0 Å². The fourth-order valence-electron chi connectivity index (χ4n) is 2.85. The van der Waals surface area contributed by atoms with Gasteiger partial charge < -0.3 is 16.9 Å². The van der Waals surface area contributed by atoms with Gasteiger partial charge >= 0.3 is 0 Å². The van der Waals surface area contributed by atoms with Gasteiger partial charge in [-0.25, -0.2) is 0 Å². The van der Waals surface area contributed by atoms with Gasteiger partial charge in [0.15, 0.2) is 0 Å². The second kappa shape index (κ2) is 15.1. The Labute approximate surface area is 134 Å². The molecule has 0 heterocycles. The molecule has 0 aromatic carbocycles. The predicted octanol–water partition coefficient (Wildman–Crippen LogP) is 2.34. The van der Waals surface area contributed by atoms with Crippen molar-refractivity contribution in [2.75, 3.05) is 26.2 Å². The molecule has 0 rings (SSSR count). The highest BCUT2D eigenvalue weighted by atomic mass is 35.5. The van der Waals surface area contributed by atoms with Crippen LogP contribution in [0, 0.1) is 0 Å². The molecule has 0 aliphatic rings. The van der Waals surface area contributed by atoms with E-state index in [2.05, 4.69) is 39.2 Å². The third kappa shape index (κ3) is 10.5. The van der Waals surface area contributed by atoms with Crippen molar-refractivity contribution in [2.24, 2.45) is 0 Å². The number of halogens is 1. The van der Waals surface area contributed by atoms with Gasteiger partial charge in [0, 0.05) is 0 Å². The molecule has 0 spiro atoms. The van der Waals surface area contributed by atoms with Crippen LogP contribution in [0.4, 0.5) is 0 Å². The Kier molecular flexibility index (Phi) is 16.7. The molecule has 0 aliphatic heterocycles. The molecule has 0 unspecified atom stereocenters. The molecule has 0 saturated carbocycles. The summed E-state index contributed by atoms with van der Waals surface area (Å²) in [5.41, 5.74) is 0. The van der Waals surface area contributed by atoms with E-state index >= 15 is 0 Å². The molecule has 2 heteroatoms. The van der Waals surface area contributed by atoms with Crippen molar-refractivity contribution in [2.45, 2.75) is 65.2 Å². The van der Waals surface area contributed by atoms with E-state index in [1.165, 1.54) is 68.9 Å². The second-order valence-corrected chi connectivity index (χ2v) is 5.85. The van der Waals surface area contributed by atoms with Crippen molar-refractivity contribution >= 4 is 0 Å². The highest BCUT2D eigenvalue weighted by Crippen LogP contribution is 2.15. The summed E-state index contributed by atoms with van der Waals surface area (Å²) < 4.78 is 1.18. The zero-order chi connectivity index (χ0) is 14.4. The molecule has 0 fully saturated rings. The molecule has 120 valence electrons. The molecule has 0 atom stereocenters. The monoisotopic (exact) mass is 301 g/mol. The summed E-state index contributed by atoms with van der Waals surface area (Å²) in [6.45, 7) is 17.3. The number of hydrogen-bond acceptors (Lipinski definition) is 0. The standard InChI is InChI=1S/C18H36N.ClH/c1-5-9-11-13-17-19(15-7-3,16-8-4)18-14-12-10-6-2;/h7-8H,3-6,9-18H2,1-2H3;1H/q+1;/p-1.